The molecule has 1 aliphatic rings. The van der Waals surface area contributed by atoms with Crippen LogP contribution < -0.4 is 5.32 Å². The van der Waals surface area contributed by atoms with Crippen LogP contribution in [0.4, 0.5) is 4.79 Å². The van der Waals surface area contributed by atoms with Crippen molar-refractivity contribution in [1.29, 1.82) is 0 Å². The molecule has 1 fully saturated rings. The molecule has 0 spiro atoms. The lowest BCUT2D eigenvalue weighted by atomic mass is 9.90. The molecule has 1 atom stereocenters. The van der Waals surface area contributed by atoms with Gasteiger partial charge in [-0.25, -0.2) is 4.79 Å². The molecule has 1 aromatic rings. The van der Waals surface area contributed by atoms with Gasteiger partial charge in [0.2, 0.25) is 0 Å². The predicted octanol–water partition coefficient (Wildman–Crippen LogP) is 1.13. The van der Waals surface area contributed by atoms with E-state index in [2.05, 4.69) is 10.3 Å². The number of nitrogens with zero attached hydrogens (tertiary/aromatic N) is 2. The van der Waals surface area contributed by atoms with Gasteiger partial charge in [0.05, 0.1) is 5.41 Å². The lowest BCUT2D eigenvalue weighted by molar-refractivity contribution is -0.146. The molecule has 2 rings (SSSR count). The quantitative estimate of drug-likeness (QED) is 0.864. The highest BCUT2D eigenvalue weighted by Crippen LogP contribution is 2.29. The standard InChI is InChI=1S/C14H19N3O3/c1-14(12(18)19)5-8-17(10-14)13(20)16-7-4-11-3-2-6-15-9-11/h2-3,6,9H,4-5,7-8,10H2,1H3,(H,16,20)(H,18,19). The summed E-state index contributed by atoms with van der Waals surface area (Å²) in [5, 5.41) is 11.9. The number of nitrogens with one attached hydrogen (secondary N) is 1. The molecule has 2 amide bonds. The number of rotatable bonds is 4. The van der Waals surface area contributed by atoms with Gasteiger partial charge in [-0.1, -0.05) is 6.07 Å². The molecular weight excluding hydrogens is 258 g/mol. The van der Waals surface area contributed by atoms with E-state index in [0.717, 1.165) is 5.56 Å². The van der Waals surface area contributed by atoms with Gasteiger partial charge in [-0.3, -0.25) is 9.78 Å². The molecule has 2 heterocycles. The minimum absolute atomic E-state index is 0.195. The number of pyridine rings is 1. The van der Waals surface area contributed by atoms with Crippen LogP contribution in [0.3, 0.4) is 0 Å². The Balaban J connectivity index is 1.78. The molecule has 1 aromatic heterocycles. The number of carbonyl (C=O) groups is 2. The van der Waals surface area contributed by atoms with E-state index in [4.69, 9.17) is 5.11 Å². The normalized spacial score (nSPS) is 21.8. The highest BCUT2D eigenvalue weighted by Gasteiger charge is 2.42. The monoisotopic (exact) mass is 277 g/mol. The van der Waals surface area contributed by atoms with E-state index >= 15 is 0 Å². The maximum absolute atomic E-state index is 12.0. The fourth-order valence-electron chi connectivity index (χ4n) is 2.28. The Morgan fingerprint density at radius 2 is 2.35 bits per heavy atom. The van der Waals surface area contributed by atoms with E-state index in [1.54, 1.807) is 24.2 Å². The smallest absolute Gasteiger partial charge is 0.317 e. The summed E-state index contributed by atoms with van der Waals surface area (Å²) in [4.78, 5) is 28.7. The maximum atomic E-state index is 12.0. The van der Waals surface area contributed by atoms with Crippen LogP contribution in [0, 0.1) is 5.41 Å². The number of aliphatic carboxylic acids is 1. The topological polar surface area (TPSA) is 82.5 Å². The molecule has 108 valence electrons. The minimum atomic E-state index is -0.844. The molecule has 0 bridgehead atoms. The Bertz CT molecular complexity index is 492. The van der Waals surface area contributed by atoms with Crippen molar-refractivity contribution < 1.29 is 14.7 Å². The van der Waals surface area contributed by atoms with Crippen molar-refractivity contribution in [3.05, 3.63) is 30.1 Å². The molecule has 2 N–H and O–H groups in total. The van der Waals surface area contributed by atoms with Gasteiger partial charge >= 0.3 is 12.0 Å². The molecule has 0 aliphatic carbocycles. The van der Waals surface area contributed by atoms with Crippen molar-refractivity contribution in [2.45, 2.75) is 19.8 Å². The van der Waals surface area contributed by atoms with Crippen LogP contribution in [0.5, 0.6) is 0 Å². The highest BCUT2D eigenvalue weighted by atomic mass is 16.4. The van der Waals surface area contributed by atoms with Crippen molar-refractivity contribution in [2.24, 2.45) is 5.41 Å². The first-order valence-electron chi connectivity index (χ1n) is 6.66. The van der Waals surface area contributed by atoms with Crippen molar-refractivity contribution >= 4 is 12.0 Å². The van der Waals surface area contributed by atoms with E-state index < -0.39 is 11.4 Å². The van der Waals surface area contributed by atoms with Crippen LogP contribution in [-0.2, 0) is 11.2 Å². The first kappa shape index (κ1) is 14.3. The second kappa shape index (κ2) is 5.90. The van der Waals surface area contributed by atoms with Gasteiger partial charge in [-0.15, -0.1) is 0 Å². The van der Waals surface area contributed by atoms with Gasteiger partial charge in [0.1, 0.15) is 0 Å². The molecule has 1 unspecified atom stereocenters. The predicted molar refractivity (Wildman–Crippen MR) is 73.3 cm³/mol. The Hall–Kier alpha value is -2.11. The van der Waals surface area contributed by atoms with Gasteiger partial charge in [0, 0.05) is 32.0 Å². The van der Waals surface area contributed by atoms with Gasteiger partial charge in [-0.2, -0.15) is 0 Å². The molecule has 0 aromatic carbocycles. The molecule has 20 heavy (non-hydrogen) atoms. The highest BCUT2D eigenvalue weighted by molar-refractivity contribution is 5.79. The van der Waals surface area contributed by atoms with Crippen LogP contribution in [0.15, 0.2) is 24.5 Å². The number of urea groups is 1. The zero-order valence-electron chi connectivity index (χ0n) is 11.5. The van der Waals surface area contributed by atoms with Crippen molar-refractivity contribution in [1.82, 2.24) is 15.2 Å². The summed E-state index contributed by atoms with van der Waals surface area (Å²) in [5.74, 6) is -0.844. The average Bonchev–Trinajstić information content (AvgIpc) is 2.84. The van der Waals surface area contributed by atoms with Crippen LogP contribution in [0.2, 0.25) is 0 Å². The molecule has 1 aliphatic heterocycles. The Morgan fingerprint density at radius 3 is 2.95 bits per heavy atom. The van der Waals surface area contributed by atoms with Crippen LogP contribution in [0.25, 0.3) is 0 Å². The number of hydrogen-bond donors (Lipinski definition) is 2. The van der Waals surface area contributed by atoms with Gasteiger partial charge in [0.25, 0.3) is 0 Å². The first-order valence-corrected chi connectivity index (χ1v) is 6.66. The number of carboxylic acids is 1. The number of hydrogen-bond acceptors (Lipinski definition) is 3. The van der Waals surface area contributed by atoms with Crippen molar-refractivity contribution in [3.8, 4) is 0 Å². The summed E-state index contributed by atoms with van der Waals surface area (Å²) in [6, 6.07) is 3.62. The number of carboxylic acid groups (broad SMARTS) is 1. The first-order chi connectivity index (χ1) is 9.51. The van der Waals surface area contributed by atoms with Crippen LogP contribution >= 0.6 is 0 Å². The molecule has 6 heteroatoms. The number of aromatic nitrogens is 1. The number of carbonyl (C=O) groups excluding carboxylic acids is 1. The van der Waals surface area contributed by atoms with E-state index in [9.17, 15) is 9.59 Å². The summed E-state index contributed by atoms with van der Waals surface area (Å²) in [6.45, 7) is 2.95. The van der Waals surface area contributed by atoms with Gasteiger partial charge < -0.3 is 15.3 Å². The molecule has 0 saturated carbocycles. The van der Waals surface area contributed by atoms with E-state index in [-0.39, 0.29) is 12.6 Å². The third kappa shape index (κ3) is 3.26. The summed E-state index contributed by atoms with van der Waals surface area (Å²) in [7, 11) is 0. The fraction of sp³-hybridized carbons (Fsp3) is 0.500. The Morgan fingerprint density at radius 1 is 1.55 bits per heavy atom. The van der Waals surface area contributed by atoms with Gasteiger partial charge in [-0.05, 0) is 31.4 Å². The molecule has 1 saturated heterocycles. The number of likely N-dealkylation sites (tertiary alicyclic amines) is 1. The molecule has 6 nitrogen and oxygen atoms in total. The lowest BCUT2D eigenvalue weighted by Crippen LogP contribution is -2.41. The SMILES string of the molecule is CC1(C(=O)O)CCN(C(=O)NCCc2cccnc2)C1. The summed E-state index contributed by atoms with van der Waals surface area (Å²) in [6.07, 6.45) is 4.69. The third-order valence-electron chi connectivity index (χ3n) is 3.69. The Labute approximate surface area is 117 Å². The van der Waals surface area contributed by atoms with E-state index in [0.29, 0.717) is 25.9 Å². The van der Waals surface area contributed by atoms with Gasteiger partial charge in [0.15, 0.2) is 0 Å². The molecular formula is C14H19N3O3. The van der Waals surface area contributed by atoms with E-state index in [1.165, 1.54) is 0 Å². The van der Waals surface area contributed by atoms with Crippen LogP contribution in [0.1, 0.15) is 18.9 Å². The minimum Gasteiger partial charge on any atom is -0.481 e. The van der Waals surface area contributed by atoms with Crippen LogP contribution in [-0.4, -0.2) is 46.6 Å². The average molecular weight is 277 g/mol. The lowest BCUT2D eigenvalue weighted by Gasteiger charge is -2.20. The number of amides is 2. The second-order valence-corrected chi connectivity index (χ2v) is 5.38. The summed E-state index contributed by atoms with van der Waals surface area (Å²) >= 11 is 0. The van der Waals surface area contributed by atoms with E-state index in [1.807, 2.05) is 12.1 Å². The Kier molecular flexibility index (Phi) is 4.22. The van der Waals surface area contributed by atoms with Crippen molar-refractivity contribution in [3.63, 3.8) is 0 Å². The zero-order valence-corrected chi connectivity index (χ0v) is 11.5. The summed E-state index contributed by atoms with van der Waals surface area (Å²) < 4.78 is 0. The third-order valence-corrected chi connectivity index (χ3v) is 3.69. The van der Waals surface area contributed by atoms with Crippen molar-refractivity contribution in [2.75, 3.05) is 19.6 Å². The largest absolute Gasteiger partial charge is 0.481 e. The summed E-state index contributed by atoms with van der Waals surface area (Å²) in [5.41, 5.74) is 0.241. The zero-order chi connectivity index (χ0) is 14.6. The second-order valence-electron chi connectivity index (χ2n) is 5.38. The molecule has 0 radical (unpaired) electrons. The maximum Gasteiger partial charge on any atom is 0.317 e. The fourth-order valence-corrected chi connectivity index (χ4v) is 2.28.